The molecule has 0 radical (unpaired) electrons. The highest BCUT2D eigenvalue weighted by molar-refractivity contribution is 6.34. The molecule has 236 valence electrons. The van der Waals surface area contributed by atoms with Crippen LogP contribution < -0.4 is 0 Å². The number of aromatic nitrogens is 6. The van der Waals surface area contributed by atoms with E-state index in [0.29, 0.717) is 39.1 Å². The van der Waals surface area contributed by atoms with E-state index in [2.05, 4.69) is 10.2 Å². The van der Waals surface area contributed by atoms with Crippen molar-refractivity contribution >= 4 is 34.8 Å². The fraction of sp³-hybridized carbons (Fsp3) is 0.206. The van der Waals surface area contributed by atoms with Gasteiger partial charge >= 0.3 is 6.18 Å². The highest BCUT2D eigenvalue weighted by Crippen LogP contribution is 2.42. The molecule has 0 saturated carbocycles. The van der Waals surface area contributed by atoms with Gasteiger partial charge in [0.05, 0.1) is 27.8 Å². The SMILES string of the molecule is CCc1nn(-c2c(-n3nc(C(F)(F)F)c(-c4ccc(Cl)cc4)c3C)ccc(-n3cc(C)c(C)n3)c2Cl)c(C)c1-c1ccc(Cl)cc1. The fourth-order valence-corrected chi connectivity index (χ4v) is 6.26. The van der Waals surface area contributed by atoms with Gasteiger partial charge in [-0.2, -0.15) is 28.5 Å². The Balaban J connectivity index is 1.68. The lowest BCUT2D eigenvalue weighted by Crippen LogP contribution is -2.12. The summed E-state index contributed by atoms with van der Waals surface area (Å²) in [7, 11) is 0. The molecule has 46 heavy (non-hydrogen) atoms. The van der Waals surface area contributed by atoms with E-state index >= 15 is 0 Å². The van der Waals surface area contributed by atoms with Gasteiger partial charge in [-0.05, 0) is 87.2 Å². The van der Waals surface area contributed by atoms with Crippen molar-refractivity contribution in [1.82, 2.24) is 29.3 Å². The van der Waals surface area contributed by atoms with Crippen molar-refractivity contribution in [2.24, 2.45) is 0 Å². The third-order valence-electron chi connectivity index (χ3n) is 8.08. The fourth-order valence-electron chi connectivity index (χ4n) is 5.68. The predicted molar refractivity (Wildman–Crippen MR) is 177 cm³/mol. The van der Waals surface area contributed by atoms with Gasteiger partial charge in [0.2, 0.25) is 0 Å². The Morgan fingerprint density at radius 2 is 1.22 bits per heavy atom. The predicted octanol–water partition coefficient (Wildman–Crippen LogP) is 10.4. The monoisotopic (exact) mass is 682 g/mol. The average Bonchev–Trinajstić information content (AvgIpc) is 3.65. The molecule has 3 aromatic carbocycles. The molecule has 0 aliphatic carbocycles. The zero-order valence-electron chi connectivity index (χ0n) is 25.5. The molecule has 3 aromatic heterocycles. The number of hydrogen-bond acceptors (Lipinski definition) is 3. The van der Waals surface area contributed by atoms with Gasteiger partial charge in [0, 0.05) is 38.8 Å². The van der Waals surface area contributed by atoms with Crippen LogP contribution in [0.1, 0.15) is 41.0 Å². The standard InChI is InChI=1S/C34H28Cl3F3N6/c1-6-26-29(22-7-11-24(35)12-8-22)20(4)46(42-26)32-28(16-15-27(31(32)37)44-17-18(2)19(3)41-44)45-21(5)30(33(43-45)34(38,39)40)23-9-13-25(36)14-10-23/h7-17H,6H2,1-5H3. The minimum absolute atomic E-state index is 0.0538. The maximum absolute atomic E-state index is 14.6. The second kappa shape index (κ2) is 12.0. The van der Waals surface area contributed by atoms with E-state index < -0.39 is 11.9 Å². The molecule has 3 heterocycles. The van der Waals surface area contributed by atoms with Gasteiger partial charge in [-0.15, -0.1) is 0 Å². The van der Waals surface area contributed by atoms with Gasteiger partial charge in [0.1, 0.15) is 5.69 Å². The lowest BCUT2D eigenvalue weighted by atomic mass is 10.0. The lowest BCUT2D eigenvalue weighted by molar-refractivity contribution is -0.140. The molecule has 0 N–H and O–H groups in total. The van der Waals surface area contributed by atoms with Crippen LogP contribution in [0.2, 0.25) is 15.1 Å². The van der Waals surface area contributed by atoms with Gasteiger partial charge < -0.3 is 0 Å². The largest absolute Gasteiger partial charge is 0.435 e. The zero-order valence-corrected chi connectivity index (χ0v) is 27.8. The van der Waals surface area contributed by atoms with Gasteiger partial charge in [0.25, 0.3) is 0 Å². The Labute approximate surface area is 278 Å². The topological polar surface area (TPSA) is 53.5 Å². The second-order valence-electron chi connectivity index (χ2n) is 11.0. The van der Waals surface area contributed by atoms with E-state index in [-0.39, 0.29) is 16.3 Å². The van der Waals surface area contributed by atoms with E-state index in [1.165, 1.54) is 4.68 Å². The number of alkyl halides is 3. The van der Waals surface area contributed by atoms with Crippen LogP contribution in [-0.4, -0.2) is 29.3 Å². The molecule has 0 fully saturated rings. The number of rotatable bonds is 6. The van der Waals surface area contributed by atoms with Crippen molar-refractivity contribution in [2.45, 2.75) is 47.2 Å². The Hall–Kier alpha value is -4.05. The number of nitrogens with zero attached hydrogens (tertiary/aromatic N) is 6. The van der Waals surface area contributed by atoms with Gasteiger partial charge in [-0.3, -0.25) is 0 Å². The molecule has 0 amide bonds. The Morgan fingerprint density at radius 1 is 0.674 bits per heavy atom. The van der Waals surface area contributed by atoms with Gasteiger partial charge in [-0.1, -0.05) is 66.0 Å². The Kier molecular flexibility index (Phi) is 8.29. The molecule has 6 rings (SSSR count). The lowest BCUT2D eigenvalue weighted by Gasteiger charge is -2.18. The highest BCUT2D eigenvalue weighted by Gasteiger charge is 2.39. The van der Waals surface area contributed by atoms with Crippen molar-refractivity contribution in [3.8, 4) is 39.3 Å². The number of halogens is 6. The molecule has 6 aromatic rings. The molecule has 0 atom stereocenters. The summed E-state index contributed by atoms with van der Waals surface area (Å²) in [5.74, 6) is 0. The summed E-state index contributed by atoms with van der Waals surface area (Å²) in [6.07, 6.45) is -2.29. The Morgan fingerprint density at radius 3 is 1.74 bits per heavy atom. The van der Waals surface area contributed by atoms with Crippen LogP contribution in [0.3, 0.4) is 0 Å². The summed E-state index contributed by atoms with van der Waals surface area (Å²) < 4.78 is 48.3. The molecule has 0 unspecified atom stereocenters. The van der Waals surface area contributed by atoms with Gasteiger partial charge in [0.15, 0.2) is 5.69 Å². The summed E-state index contributed by atoms with van der Waals surface area (Å²) >= 11 is 19.5. The van der Waals surface area contributed by atoms with Crippen molar-refractivity contribution in [2.75, 3.05) is 0 Å². The summed E-state index contributed by atoms with van der Waals surface area (Å²) in [5, 5.41) is 15.0. The molecule has 0 spiro atoms. The van der Waals surface area contributed by atoms with Crippen LogP contribution >= 0.6 is 34.8 Å². The summed E-state index contributed by atoms with van der Waals surface area (Å²) in [4.78, 5) is 0. The van der Waals surface area contributed by atoms with E-state index in [0.717, 1.165) is 33.8 Å². The molecule has 0 saturated heterocycles. The van der Waals surface area contributed by atoms with Crippen molar-refractivity contribution in [3.05, 3.63) is 116 Å². The zero-order chi connectivity index (χ0) is 33.1. The first-order valence-electron chi connectivity index (χ1n) is 14.4. The quantitative estimate of drug-likeness (QED) is 0.176. The number of aryl methyl sites for hydroxylation is 3. The van der Waals surface area contributed by atoms with Crippen LogP contribution in [0.5, 0.6) is 0 Å². The summed E-state index contributed by atoms with van der Waals surface area (Å²) in [5.41, 5.74) is 5.82. The van der Waals surface area contributed by atoms with Crippen LogP contribution in [0.25, 0.3) is 39.3 Å². The first-order chi connectivity index (χ1) is 21.8. The van der Waals surface area contributed by atoms with Crippen LogP contribution in [0.15, 0.2) is 66.9 Å². The number of benzene rings is 3. The molecule has 6 nitrogen and oxygen atoms in total. The molecule has 0 aliphatic heterocycles. The number of hydrogen-bond donors (Lipinski definition) is 0. The van der Waals surface area contributed by atoms with E-state index in [9.17, 15) is 13.2 Å². The van der Waals surface area contributed by atoms with Crippen LogP contribution in [0.4, 0.5) is 13.2 Å². The Bertz CT molecular complexity index is 2070. The maximum atomic E-state index is 14.6. The van der Waals surface area contributed by atoms with E-state index in [1.807, 2.05) is 46.0 Å². The average molecular weight is 684 g/mol. The van der Waals surface area contributed by atoms with E-state index in [1.54, 1.807) is 64.8 Å². The van der Waals surface area contributed by atoms with E-state index in [4.69, 9.17) is 39.9 Å². The van der Waals surface area contributed by atoms with Crippen molar-refractivity contribution in [1.29, 1.82) is 0 Å². The van der Waals surface area contributed by atoms with Crippen molar-refractivity contribution < 1.29 is 13.2 Å². The normalized spacial score (nSPS) is 11.9. The maximum Gasteiger partial charge on any atom is 0.435 e. The molecule has 0 aliphatic rings. The molecule has 0 bridgehead atoms. The van der Waals surface area contributed by atoms with Crippen LogP contribution in [0, 0.1) is 27.7 Å². The summed E-state index contributed by atoms with van der Waals surface area (Å²) in [6.45, 7) is 9.33. The van der Waals surface area contributed by atoms with Crippen LogP contribution in [-0.2, 0) is 12.6 Å². The molecular weight excluding hydrogens is 656 g/mol. The molecule has 12 heteroatoms. The minimum atomic E-state index is -4.74. The first-order valence-corrected chi connectivity index (χ1v) is 15.6. The second-order valence-corrected chi connectivity index (χ2v) is 12.3. The summed E-state index contributed by atoms with van der Waals surface area (Å²) in [6, 6.07) is 17.1. The minimum Gasteiger partial charge on any atom is -0.239 e. The van der Waals surface area contributed by atoms with Gasteiger partial charge in [-0.25, -0.2) is 14.0 Å². The highest BCUT2D eigenvalue weighted by atomic mass is 35.5. The van der Waals surface area contributed by atoms with Crippen molar-refractivity contribution in [3.63, 3.8) is 0 Å². The third kappa shape index (κ3) is 5.50. The molecular formula is C34H28Cl3F3N6. The smallest absolute Gasteiger partial charge is 0.239 e. The first kappa shape index (κ1) is 31.9. The third-order valence-corrected chi connectivity index (χ3v) is 8.96.